The van der Waals surface area contributed by atoms with Gasteiger partial charge >= 0.3 is 0 Å². The predicted molar refractivity (Wildman–Crippen MR) is 105 cm³/mol. The second kappa shape index (κ2) is 6.29. The van der Waals surface area contributed by atoms with Crippen LogP contribution in [0.3, 0.4) is 0 Å². The summed E-state index contributed by atoms with van der Waals surface area (Å²) in [6.07, 6.45) is 2.39. The lowest BCUT2D eigenvalue weighted by atomic mass is 9.94. The Hall–Kier alpha value is 0.0400. The van der Waals surface area contributed by atoms with E-state index in [0.29, 0.717) is 4.43 Å². The third-order valence-corrected chi connectivity index (χ3v) is 6.92. The van der Waals surface area contributed by atoms with Gasteiger partial charge in [0.05, 0.1) is 21.2 Å². The Morgan fingerprint density at radius 2 is 1.60 bits per heavy atom. The third kappa shape index (κ3) is 3.35. The van der Waals surface area contributed by atoms with E-state index >= 15 is 0 Å². The first-order valence-corrected chi connectivity index (χ1v) is 10.6. The van der Waals surface area contributed by atoms with Crippen molar-refractivity contribution in [1.29, 1.82) is 0 Å². The minimum absolute atomic E-state index is 0.0178. The van der Waals surface area contributed by atoms with E-state index < -0.39 is 21.4 Å². The average Bonchev–Trinajstić information content (AvgIpc) is 2.73. The van der Waals surface area contributed by atoms with Crippen molar-refractivity contribution in [2.75, 3.05) is 4.43 Å². The molecule has 7 heteroatoms. The van der Waals surface area contributed by atoms with E-state index in [9.17, 15) is 10.0 Å². The summed E-state index contributed by atoms with van der Waals surface area (Å²) in [4.78, 5) is 17.6. The Morgan fingerprint density at radius 1 is 1.12 bits per heavy atom. The number of rotatable bonds is 4. The predicted octanol–water partition coefficient (Wildman–Crippen LogP) is 3.53. The smallest absolute Gasteiger partial charge is 0.230 e. The molecular formula is C18H34IN3O3+. The van der Waals surface area contributed by atoms with Crippen molar-refractivity contribution in [3.8, 4) is 0 Å². The van der Waals surface area contributed by atoms with Crippen LogP contribution in [0.15, 0.2) is 0 Å². The van der Waals surface area contributed by atoms with Gasteiger partial charge in [0, 0.05) is 23.2 Å². The number of quaternary nitrogens is 1. The number of amides is 1. The zero-order valence-corrected chi connectivity index (χ0v) is 19.1. The molecule has 2 rings (SSSR count). The molecular weight excluding hydrogens is 433 g/mol. The third-order valence-electron chi connectivity index (χ3n) is 6.23. The van der Waals surface area contributed by atoms with Crippen molar-refractivity contribution in [3.63, 3.8) is 0 Å². The Balaban J connectivity index is 2.36. The lowest BCUT2D eigenvalue weighted by Gasteiger charge is -2.46. The van der Waals surface area contributed by atoms with E-state index in [1.165, 1.54) is 0 Å². The summed E-state index contributed by atoms with van der Waals surface area (Å²) >= 11 is 2.07. The van der Waals surface area contributed by atoms with Crippen LogP contribution in [0.4, 0.5) is 0 Å². The summed E-state index contributed by atoms with van der Waals surface area (Å²) in [6, 6.07) is -0.0646. The number of carbonyl (C=O) groups excluding carboxylic acids is 1. The maximum atomic E-state index is 13.9. The van der Waals surface area contributed by atoms with Gasteiger partial charge in [0.1, 0.15) is 0 Å². The standard InChI is InChI=1S/C18H34IN3O3/c1-15(2)11-13(20-14(23)12-19)18(7,8)21(15)25-22(24)16(3,4)9-10-17(22,5)6/h13H,9-12H2,1-8H3,(H,20,23)/q+1. The second-order valence-electron chi connectivity index (χ2n) is 9.98. The van der Waals surface area contributed by atoms with Crippen LogP contribution < -0.4 is 5.32 Å². The molecule has 0 aromatic carbocycles. The van der Waals surface area contributed by atoms with Gasteiger partial charge in [-0.25, -0.2) is 0 Å². The Bertz CT molecular complexity index is 530. The molecule has 0 aromatic rings. The number of nitrogens with one attached hydrogen (secondary N) is 1. The van der Waals surface area contributed by atoms with Gasteiger partial charge in [-0.15, -0.1) is 5.06 Å². The van der Waals surface area contributed by atoms with Crippen molar-refractivity contribution in [3.05, 3.63) is 0 Å². The van der Waals surface area contributed by atoms with Gasteiger partial charge in [-0.3, -0.25) is 4.79 Å². The highest BCUT2D eigenvalue weighted by atomic mass is 127. The van der Waals surface area contributed by atoms with E-state index in [1.807, 2.05) is 46.6 Å². The molecule has 6 nitrogen and oxygen atoms in total. The molecule has 1 amide bonds. The van der Waals surface area contributed by atoms with Gasteiger partial charge < -0.3 is 5.32 Å². The van der Waals surface area contributed by atoms with E-state index in [-0.39, 0.29) is 17.5 Å². The fraction of sp³-hybridized carbons (Fsp3) is 0.944. The number of carbonyl (C=O) groups is 1. The second-order valence-corrected chi connectivity index (χ2v) is 10.7. The number of halogens is 1. The van der Waals surface area contributed by atoms with Crippen molar-refractivity contribution in [1.82, 2.24) is 10.4 Å². The molecule has 1 atom stereocenters. The first kappa shape index (κ1) is 21.3. The summed E-state index contributed by atoms with van der Waals surface area (Å²) in [6.45, 7) is 16.2. The van der Waals surface area contributed by atoms with Gasteiger partial charge in [0.2, 0.25) is 5.91 Å². The monoisotopic (exact) mass is 467 g/mol. The van der Waals surface area contributed by atoms with Gasteiger partial charge in [0.25, 0.3) is 0 Å². The molecule has 145 valence electrons. The number of hydrogen-bond donors (Lipinski definition) is 1. The molecule has 2 saturated heterocycles. The highest BCUT2D eigenvalue weighted by Crippen LogP contribution is 2.51. The average molecular weight is 467 g/mol. The Kier molecular flexibility index (Phi) is 5.37. The maximum Gasteiger partial charge on any atom is 0.230 e. The van der Waals surface area contributed by atoms with Crippen LogP contribution in [-0.4, -0.2) is 48.4 Å². The van der Waals surface area contributed by atoms with E-state index in [1.54, 1.807) is 0 Å². The first-order valence-electron chi connectivity index (χ1n) is 9.06. The minimum Gasteiger partial charge on any atom is -0.351 e. The molecule has 0 bridgehead atoms. The van der Waals surface area contributed by atoms with Crippen molar-refractivity contribution >= 4 is 28.5 Å². The van der Waals surface area contributed by atoms with Crippen molar-refractivity contribution < 1.29 is 19.7 Å². The summed E-state index contributed by atoms with van der Waals surface area (Å²) in [7, 11) is 0. The number of hydrogen-bond acceptors (Lipinski definition) is 3. The van der Waals surface area contributed by atoms with Crippen LogP contribution in [0, 0.1) is 0 Å². The molecule has 25 heavy (non-hydrogen) atoms. The summed E-state index contributed by atoms with van der Waals surface area (Å²) in [5, 5.41) is 18.9. The van der Waals surface area contributed by atoms with Crippen molar-refractivity contribution in [2.24, 2.45) is 0 Å². The van der Waals surface area contributed by atoms with Crippen LogP contribution in [0.5, 0.6) is 0 Å². The normalized spacial score (nSPS) is 31.8. The lowest BCUT2D eigenvalue weighted by molar-refractivity contribution is -1.33. The molecule has 0 aliphatic carbocycles. The first-order chi connectivity index (χ1) is 11.1. The SMILES string of the molecule is CC1(C)CC(NC(=O)CI)C(C)(C)N1O[N+]1([O])C(C)(C)CCC1(C)C. The largest absolute Gasteiger partial charge is 0.351 e. The fourth-order valence-corrected chi connectivity index (χ4v) is 4.71. The Morgan fingerprint density at radius 3 is 2.04 bits per heavy atom. The van der Waals surface area contributed by atoms with Crippen LogP contribution in [0.1, 0.15) is 74.7 Å². The molecule has 2 heterocycles. The maximum absolute atomic E-state index is 13.9. The van der Waals surface area contributed by atoms with Crippen LogP contribution in [-0.2, 0) is 14.9 Å². The molecule has 1 N–H and O–H groups in total. The van der Waals surface area contributed by atoms with Gasteiger partial charge in [-0.05, 0) is 61.8 Å². The molecule has 2 fully saturated rings. The molecule has 2 aliphatic heterocycles. The molecule has 2 aliphatic rings. The number of nitrogens with zero attached hydrogens (tertiary/aromatic N) is 2. The molecule has 0 spiro atoms. The molecule has 1 unspecified atom stereocenters. The van der Waals surface area contributed by atoms with Gasteiger partial charge in [0.15, 0.2) is 11.1 Å². The van der Waals surface area contributed by atoms with Gasteiger partial charge in [-0.1, -0.05) is 27.5 Å². The van der Waals surface area contributed by atoms with Crippen LogP contribution in [0.25, 0.3) is 0 Å². The van der Waals surface area contributed by atoms with E-state index in [0.717, 1.165) is 19.3 Å². The quantitative estimate of drug-likeness (QED) is 0.391. The van der Waals surface area contributed by atoms with E-state index in [4.69, 9.17) is 4.94 Å². The Labute approximate surface area is 165 Å². The number of alkyl halides is 1. The zero-order chi connectivity index (χ0) is 19.5. The highest BCUT2D eigenvalue weighted by molar-refractivity contribution is 14.1. The van der Waals surface area contributed by atoms with E-state index in [2.05, 4.69) is 41.8 Å². The minimum atomic E-state index is -0.695. The zero-order valence-electron chi connectivity index (χ0n) is 16.9. The van der Waals surface area contributed by atoms with Crippen LogP contribution in [0.2, 0.25) is 0 Å². The highest BCUT2D eigenvalue weighted by Gasteiger charge is 2.69. The summed E-state index contributed by atoms with van der Waals surface area (Å²) in [5.41, 5.74) is -1.86. The summed E-state index contributed by atoms with van der Waals surface area (Å²) in [5.74, 6) is 0.0178. The van der Waals surface area contributed by atoms with Crippen LogP contribution >= 0.6 is 22.6 Å². The molecule has 0 saturated carbocycles. The topological polar surface area (TPSA) is 61.5 Å². The van der Waals surface area contributed by atoms with Gasteiger partial charge in [-0.2, -0.15) is 0 Å². The number of hydroxylamine groups is 6. The molecule has 0 aromatic heterocycles. The fourth-order valence-electron chi connectivity index (χ4n) is 4.49. The molecule has 1 radical (unpaired) electrons. The van der Waals surface area contributed by atoms with Crippen molar-refractivity contribution in [2.45, 2.75) is 103 Å². The summed E-state index contributed by atoms with van der Waals surface area (Å²) < 4.78 is 0.424. The lowest BCUT2D eigenvalue weighted by Crippen LogP contribution is -2.68.